The molecular weight excluding hydrogens is 236 g/mol. The summed E-state index contributed by atoms with van der Waals surface area (Å²) in [6, 6.07) is 3.72. The Morgan fingerprint density at radius 2 is 2.06 bits per heavy atom. The summed E-state index contributed by atoms with van der Waals surface area (Å²) in [7, 11) is 1.61. The molecule has 0 amide bonds. The Morgan fingerprint density at radius 1 is 1.33 bits per heavy atom. The second-order valence-electron chi connectivity index (χ2n) is 4.12. The van der Waals surface area contributed by atoms with E-state index in [1.807, 2.05) is 12.1 Å². The van der Waals surface area contributed by atoms with Crippen molar-refractivity contribution in [2.24, 2.45) is 0 Å². The van der Waals surface area contributed by atoms with Crippen molar-refractivity contribution in [3.05, 3.63) is 17.7 Å². The predicted molar refractivity (Wildman–Crippen MR) is 64.3 cm³/mol. The van der Waals surface area contributed by atoms with Gasteiger partial charge in [0.15, 0.2) is 11.5 Å². The normalized spacial score (nSPS) is 12.5. The Labute approximate surface area is 105 Å². The van der Waals surface area contributed by atoms with Crippen molar-refractivity contribution >= 4 is 5.97 Å². The maximum atomic E-state index is 10.4. The number of benzene rings is 1. The summed E-state index contributed by atoms with van der Waals surface area (Å²) in [4.78, 5) is 10.4. The van der Waals surface area contributed by atoms with Crippen LogP contribution in [0.1, 0.15) is 24.8 Å². The highest BCUT2D eigenvalue weighted by molar-refractivity contribution is 5.66. The average Bonchev–Trinajstić information content (AvgIpc) is 2.80. The zero-order valence-corrected chi connectivity index (χ0v) is 10.3. The first-order valence-corrected chi connectivity index (χ1v) is 5.89. The number of fused-ring (bicyclic) bond motifs is 1. The fourth-order valence-corrected chi connectivity index (χ4v) is 1.94. The van der Waals surface area contributed by atoms with E-state index in [4.69, 9.17) is 19.3 Å². The maximum Gasteiger partial charge on any atom is 0.303 e. The number of methoxy groups -OCH3 is 1. The number of carboxylic acids is 1. The Bertz CT molecular complexity index is 441. The molecule has 1 aliphatic rings. The molecule has 0 radical (unpaired) electrons. The van der Waals surface area contributed by atoms with E-state index in [9.17, 15) is 4.79 Å². The van der Waals surface area contributed by atoms with Gasteiger partial charge >= 0.3 is 5.97 Å². The highest BCUT2D eigenvalue weighted by atomic mass is 16.7. The molecule has 1 N–H and O–H groups in total. The molecule has 18 heavy (non-hydrogen) atoms. The van der Waals surface area contributed by atoms with E-state index in [-0.39, 0.29) is 13.2 Å². The summed E-state index contributed by atoms with van der Waals surface area (Å²) in [6.07, 6.45) is 2.44. The molecule has 1 aromatic rings. The fraction of sp³-hybridized carbons (Fsp3) is 0.462. The third kappa shape index (κ3) is 2.85. The summed E-state index contributed by atoms with van der Waals surface area (Å²) in [5, 5.41) is 8.58. The first-order valence-electron chi connectivity index (χ1n) is 5.89. The van der Waals surface area contributed by atoms with Gasteiger partial charge in [-0.2, -0.15) is 0 Å². The molecule has 98 valence electrons. The molecule has 1 heterocycles. The van der Waals surface area contributed by atoms with Crippen LogP contribution in [0.4, 0.5) is 0 Å². The van der Waals surface area contributed by atoms with Gasteiger partial charge in [-0.3, -0.25) is 4.79 Å². The van der Waals surface area contributed by atoms with Crippen molar-refractivity contribution in [1.29, 1.82) is 0 Å². The van der Waals surface area contributed by atoms with Crippen LogP contribution in [0, 0.1) is 0 Å². The van der Waals surface area contributed by atoms with Gasteiger partial charge in [-0.25, -0.2) is 0 Å². The van der Waals surface area contributed by atoms with Gasteiger partial charge in [0.05, 0.1) is 7.11 Å². The minimum absolute atomic E-state index is 0.201. The molecule has 5 heteroatoms. The van der Waals surface area contributed by atoms with Crippen molar-refractivity contribution < 1.29 is 24.1 Å². The van der Waals surface area contributed by atoms with E-state index < -0.39 is 5.97 Å². The lowest BCUT2D eigenvalue weighted by atomic mass is 10.1. The monoisotopic (exact) mass is 252 g/mol. The first kappa shape index (κ1) is 12.5. The molecule has 0 spiro atoms. The van der Waals surface area contributed by atoms with E-state index in [0.717, 1.165) is 29.9 Å². The largest absolute Gasteiger partial charge is 0.496 e. The number of ether oxygens (including phenoxy) is 3. The molecular formula is C13H16O5. The number of aryl methyl sites for hydroxylation is 1. The van der Waals surface area contributed by atoms with Gasteiger partial charge in [-0.1, -0.05) is 0 Å². The molecule has 0 fully saturated rings. The van der Waals surface area contributed by atoms with E-state index >= 15 is 0 Å². The molecule has 5 nitrogen and oxygen atoms in total. The smallest absolute Gasteiger partial charge is 0.303 e. The Hall–Kier alpha value is -1.91. The molecule has 0 atom stereocenters. The maximum absolute atomic E-state index is 10.4. The second-order valence-corrected chi connectivity index (χ2v) is 4.12. The average molecular weight is 252 g/mol. The first-order chi connectivity index (χ1) is 8.70. The summed E-state index contributed by atoms with van der Waals surface area (Å²) < 4.78 is 15.9. The molecule has 2 rings (SSSR count). The standard InChI is InChI=1S/C13H16O5/c1-16-10-7-12-11(17-8-18-12)6-9(10)4-2-3-5-13(14)15/h6-7H,2-5,8H2,1H3,(H,14,15). The lowest BCUT2D eigenvalue weighted by molar-refractivity contribution is -0.137. The van der Waals surface area contributed by atoms with Crippen molar-refractivity contribution in [3.8, 4) is 17.2 Å². The summed E-state index contributed by atoms with van der Waals surface area (Å²) >= 11 is 0. The van der Waals surface area contributed by atoms with Crippen LogP contribution in [-0.2, 0) is 11.2 Å². The van der Waals surface area contributed by atoms with Gasteiger partial charge in [-0.15, -0.1) is 0 Å². The van der Waals surface area contributed by atoms with Gasteiger partial charge in [0.25, 0.3) is 0 Å². The molecule has 0 unspecified atom stereocenters. The van der Waals surface area contributed by atoms with Crippen molar-refractivity contribution in [3.63, 3.8) is 0 Å². The number of carbonyl (C=O) groups is 1. The van der Waals surface area contributed by atoms with Crippen LogP contribution in [0.2, 0.25) is 0 Å². The Kier molecular flexibility index (Phi) is 3.92. The third-order valence-corrected chi connectivity index (χ3v) is 2.86. The van der Waals surface area contributed by atoms with Gasteiger partial charge in [0, 0.05) is 12.5 Å². The lowest BCUT2D eigenvalue weighted by Gasteiger charge is -2.09. The number of rotatable bonds is 6. The predicted octanol–water partition coefficient (Wildman–Crippen LogP) is 2.22. The second kappa shape index (κ2) is 5.62. The van der Waals surface area contributed by atoms with Gasteiger partial charge < -0.3 is 19.3 Å². The SMILES string of the molecule is COc1cc2c(cc1CCCCC(=O)O)OCO2. The molecule has 0 aliphatic carbocycles. The highest BCUT2D eigenvalue weighted by Gasteiger charge is 2.17. The van der Waals surface area contributed by atoms with Crippen molar-refractivity contribution in [2.75, 3.05) is 13.9 Å². The topological polar surface area (TPSA) is 65.0 Å². The summed E-state index contributed by atoms with van der Waals surface area (Å²) in [6.45, 7) is 0.237. The zero-order valence-electron chi connectivity index (χ0n) is 10.3. The van der Waals surface area contributed by atoms with Crippen LogP contribution < -0.4 is 14.2 Å². The van der Waals surface area contributed by atoms with E-state index in [2.05, 4.69) is 0 Å². The third-order valence-electron chi connectivity index (χ3n) is 2.86. The molecule has 1 aromatic carbocycles. The summed E-state index contributed by atoms with van der Waals surface area (Å²) in [5.74, 6) is 1.42. The Morgan fingerprint density at radius 3 is 2.72 bits per heavy atom. The van der Waals surface area contributed by atoms with Gasteiger partial charge in [-0.05, 0) is 30.9 Å². The highest BCUT2D eigenvalue weighted by Crippen LogP contribution is 2.38. The quantitative estimate of drug-likeness (QED) is 0.786. The van der Waals surface area contributed by atoms with Crippen molar-refractivity contribution in [1.82, 2.24) is 0 Å². The molecule has 0 bridgehead atoms. The molecule has 0 saturated carbocycles. The van der Waals surface area contributed by atoms with Crippen LogP contribution in [0.15, 0.2) is 12.1 Å². The minimum Gasteiger partial charge on any atom is -0.496 e. The van der Waals surface area contributed by atoms with Crippen LogP contribution in [0.3, 0.4) is 0 Å². The zero-order chi connectivity index (χ0) is 13.0. The van der Waals surface area contributed by atoms with Crippen molar-refractivity contribution in [2.45, 2.75) is 25.7 Å². The molecule has 1 aliphatic heterocycles. The van der Waals surface area contributed by atoms with E-state index in [1.54, 1.807) is 7.11 Å². The number of hydrogen-bond donors (Lipinski definition) is 1. The van der Waals surface area contributed by atoms with E-state index in [1.165, 1.54) is 0 Å². The number of aliphatic carboxylic acids is 1. The van der Waals surface area contributed by atoms with E-state index in [0.29, 0.717) is 12.2 Å². The molecule has 0 saturated heterocycles. The van der Waals surface area contributed by atoms with Gasteiger partial charge in [0.2, 0.25) is 6.79 Å². The number of hydrogen-bond acceptors (Lipinski definition) is 4. The fourth-order valence-electron chi connectivity index (χ4n) is 1.94. The van der Waals surface area contributed by atoms with Crippen LogP contribution >= 0.6 is 0 Å². The number of carboxylic acid groups (broad SMARTS) is 1. The molecule has 0 aromatic heterocycles. The Balaban J connectivity index is 2.00. The summed E-state index contributed by atoms with van der Waals surface area (Å²) in [5.41, 5.74) is 1.02. The minimum atomic E-state index is -0.757. The van der Waals surface area contributed by atoms with Crippen LogP contribution in [0.5, 0.6) is 17.2 Å². The lowest BCUT2D eigenvalue weighted by Crippen LogP contribution is -1.96. The van der Waals surface area contributed by atoms with Gasteiger partial charge in [0.1, 0.15) is 5.75 Å². The number of unbranched alkanes of at least 4 members (excludes halogenated alkanes) is 1. The van der Waals surface area contributed by atoms with Crippen LogP contribution in [0.25, 0.3) is 0 Å². The van der Waals surface area contributed by atoms with Crippen LogP contribution in [-0.4, -0.2) is 25.0 Å².